The van der Waals surface area contributed by atoms with Gasteiger partial charge in [-0.1, -0.05) is 43.8 Å². The Bertz CT molecular complexity index is 940. The smallest absolute Gasteiger partial charge is 0.264 e. The first kappa shape index (κ1) is 20.1. The molecular formula is C22H23FN2O2S. The van der Waals surface area contributed by atoms with Gasteiger partial charge in [0.1, 0.15) is 5.82 Å². The number of rotatable bonds is 5. The van der Waals surface area contributed by atoms with E-state index in [0.717, 1.165) is 11.3 Å². The predicted molar refractivity (Wildman–Crippen MR) is 112 cm³/mol. The number of carbonyl (C=O) groups excluding carboxylic acids is 2. The van der Waals surface area contributed by atoms with Crippen LogP contribution in [-0.2, 0) is 4.79 Å². The number of likely N-dealkylation sites (N-methyl/N-ethyl adjacent to an activating group) is 1. The molecule has 0 bridgehead atoms. The lowest BCUT2D eigenvalue weighted by atomic mass is 10.1. The number of thioether (sulfide) groups is 1. The highest BCUT2D eigenvalue weighted by Gasteiger charge is 2.27. The number of hydrogen-bond acceptors (Lipinski definition) is 3. The Balaban J connectivity index is 1.83. The summed E-state index contributed by atoms with van der Waals surface area (Å²) in [6.45, 7) is 4.83. The van der Waals surface area contributed by atoms with Crippen LogP contribution in [0.2, 0.25) is 0 Å². The van der Waals surface area contributed by atoms with Gasteiger partial charge in [0.25, 0.3) is 11.8 Å². The maximum Gasteiger partial charge on any atom is 0.264 e. The van der Waals surface area contributed by atoms with Gasteiger partial charge in [0, 0.05) is 29.6 Å². The van der Waals surface area contributed by atoms with E-state index in [1.165, 1.54) is 22.7 Å². The Morgan fingerprint density at radius 3 is 2.71 bits per heavy atom. The van der Waals surface area contributed by atoms with Crippen LogP contribution in [0, 0.1) is 11.7 Å². The molecule has 0 fully saturated rings. The second kappa shape index (κ2) is 8.61. The fraction of sp³-hybridized carbons (Fsp3) is 0.273. The summed E-state index contributed by atoms with van der Waals surface area (Å²) in [6.07, 6.45) is 2.48. The highest BCUT2D eigenvalue weighted by atomic mass is 32.2. The van der Waals surface area contributed by atoms with Gasteiger partial charge in [0.05, 0.1) is 10.6 Å². The molecule has 1 heterocycles. The molecule has 28 heavy (non-hydrogen) atoms. The van der Waals surface area contributed by atoms with Crippen molar-refractivity contribution in [1.29, 1.82) is 0 Å². The van der Waals surface area contributed by atoms with Crippen molar-refractivity contribution in [1.82, 2.24) is 5.32 Å². The Hall–Kier alpha value is -2.60. The van der Waals surface area contributed by atoms with Crippen LogP contribution in [0.3, 0.4) is 0 Å². The fourth-order valence-electron chi connectivity index (χ4n) is 2.84. The van der Waals surface area contributed by atoms with Crippen LogP contribution >= 0.6 is 11.8 Å². The third-order valence-electron chi connectivity index (χ3n) is 4.52. The van der Waals surface area contributed by atoms with Gasteiger partial charge in [-0.3, -0.25) is 9.59 Å². The monoisotopic (exact) mass is 398 g/mol. The van der Waals surface area contributed by atoms with Gasteiger partial charge in [0.2, 0.25) is 0 Å². The number of amides is 2. The third kappa shape index (κ3) is 4.44. The van der Waals surface area contributed by atoms with E-state index in [1.54, 1.807) is 43.5 Å². The number of hydrogen-bond donors (Lipinski definition) is 1. The summed E-state index contributed by atoms with van der Waals surface area (Å²) in [6, 6.07) is 11.7. The second-order valence-corrected chi connectivity index (χ2v) is 8.20. The van der Waals surface area contributed by atoms with E-state index in [2.05, 4.69) is 19.2 Å². The van der Waals surface area contributed by atoms with E-state index in [9.17, 15) is 14.0 Å². The molecule has 0 aliphatic carbocycles. The molecule has 0 aromatic heterocycles. The van der Waals surface area contributed by atoms with E-state index in [1.807, 2.05) is 6.07 Å². The Labute approximate surface area is 168 Å². The summed E-state index contributed by atoms with van der Waals surface area (Å²) < 4.78 is 13.9. The predicted octanol–water partition coefficient (Wildman–Crippen LogP) is 4.71. The first-order valence-electron chi connectivity index (χ1n) is 9.21. The molecule has 0 spiro atoms. The van der Waals surface area contributed by atoms with E-state index >= 15 is 0 Å². The van der Waals surface area contributed by atoms with Crippen LogP contribution in [0.25, 0.3) is 6.08 Å². The van der Waals surface area contributed by atoms with E-state index in [-0.39, 0.29) is 17.6 Å². The van der Waals surface area contributed by atoms with Crippen LogP contribution in [-0.4, -0.2) is 25.4 Å². The minimum atomic E-state index is -0.370. The van der Waals surface area contributed by atoms with Gasteiger partial charge in [-0.25, -0.2) is 4.39 Å². The molecule has 2 amide bonds. The first-order chi connectivity index (χ1) is 13.4. The number of carbonyl (C=O) groups is 2. The van der Waals surface area contributed by atoms with Crippen LogP contribution < -0.4 is 10.2 Å². The molecule has 2 aromatic rings. The van der Waals surface area contributed by atoms with Crippen molar-refractivity contribution >= 4 is 35.3 Å². The lowest BCUT2D eigenvalue weighted by Crippen LogP contribution is -2.31. The van der Waals surface area contributed by atoms with Crippen LogP contribution in [0.1, 0.15) is 36.2 Å². The van der Waals surface area contributed by atoms with Crippen molar-refractivity contribution < 1.29 is 14.0 Å². The number of anilines is 1. The molecule has 0 saturated heterocycles. The van der Waals surface area contributed by atoms with Crippen molar-refractivity contribution in [3.63, 3.8) is 0 Å². The van der Waals surface area contributed by atoms with Gasteiger partial charge < -0.3 is 10.2 Å². The normalized spacial score (nSPS) is 15.1. The van der Waals surface area contributed by atoms with Gasteiger partial charge in [-0.05, 0) is 42.7 Å². The summed E-state index contributed by atoms with van der Waals surface area (Å²) in [5.41, 5.74) is 1.57. The zero-order chi connectivity index (χ0) is 20.3. The molecule has 4 nitrogen and oxygen atoms in total. The summed E-state index contributed by atoms with van der Waals surface area (Å²) >= 11 is 1.29. The number of fused-ring (bicyclic) bond motifs is 1. The quantitative estimate of drug-likeness (QED) is 0.742. The lowest BCUT2D eigenvalue weighted by Gasteiger charge is -2.27. The molecule has 1 aliphatic heterocycles. The minimum absolute atomic E-state index is 0.151. The number of nitrogens with zero attached hydrogens (tertiary/aromatic N) is 1. The van der Waals surface area contributed by atoms with Gasteiger partial charge in [-0.15, -0.1) is 0 Å². The Morgan fingerprint density at radius 1 is 1.25 bits per heavy atom. The number of nitrogens with one attached hydrogen (secondary N) is 1. The highest BCUT2D eigenvalue weighted by molar-refractivity contribution is 8.04. The SMILES string of the molecule is CC(C)CCNC(=O)c1ccc2c(c1)N(C)C(=O)C(=Cc1ccccc1F)S2. The number of benzene rings is 2. The average Bonchev–Trinajstić information content (AvgIpc) is 2.67. The zero-order valence-electron chi connectivity index (χ0n) is 16.2. The molecule has 0 saturated carbocycles. The Kier molecular flexibility index (Phi) is 6.19. The first-order valence-corrected chi connectivity index (χ1v) is 10.0. The highest BCUT2D eigenvalue weighted by Crippen LogP contribution is 2.42. The molecule has 0 unspecified atom stereocenters. The summed E-state index contributed by atoms with van der Waals surface area (Å²) in [5.74, 6) is -0.228. The molecular weight excluding hydrogens is 375 g/mol. The topological polar surface area (TPSA) is 49.4 Å². The maximum absolute atomic E-state index is 13.9. The number of halogens is 1. The van der Waals surface area contributed by atoms with Crippen LogP contribution in [0.5, 0.6) is 0 Å². The van der Waals surface area contributed by atoms with E-state index in [0.29, 0.717) is 34.2 Å². The van der Waals surface area contributed by atoms with E-state index in [4.69, 9.17) is 0 Å². The van der Waals surface area contributed by atoms with E-state index < -0.39 is 0 Å². The summed E-state index contributed by atoms with van der Waals surface area (Å²) in [4.78, 5) is 27.9. The van der Waals surface area contributed by atoms with Gasteiger partial charge in [0.15, 0.2) is 0 Å². The standard InChI is InChI=1S/C22H23FN2O2S/c1-14(2)10-11-24-21(26)16-8-9-19-18(12-16)25(3)22(27)20(28-19)13-15-6-4-5-7-17(15)23/h4-9,12-14H,10-11H2,1-3H3,(H,24,26). The van der Waals surface area contributed by atoms with Crippen LogP contribution in [0.15, 0.2) is 52.3 Å². The summed E-state index contributed by atoms with van der Waals surface area (Å²) in [7, 11) is 1.66. The second-order valence-electron chi connectivity index (χ2n) is 7.12. The zero-order valence-corrected chi connectivity index (χ0v) is 17.0. The van der Waals surface area contributed by atoms with Gasteiger partial charge in [-0.2, -0.15) is 0 Å². The summed E-state index contributed by atoms with van der Waals surface area (Å²) in [5, 5.41) is 2.91. The van der Waals surface area contributed by atoms with Crippen molar-refractivity contribution in [3.05, 3.63) is 64.3 Å². The molecule has 1 N–H and O–H groups in total. The molecule has 1 aliphatic rings. The van der Waals surface area contributed by atoms with Crippen molar-refractivity contribution in [2.45, 2.75) is 25.2 Å². The molecule has 146 valence electrons. The maximum atomic E-state index is 13.9. The minimum Gasteiger partial charge on any atom is -0.352 e. The molecule has 6 heteroatoms. The third-order valence-corrected chi connectivity index (χ3v) is 5.59. The average molecular weight is 399 g/mol. The van der Waals surface area contributed by atoms with Crippen molar-refractivity contribution in [2.24, 2.45) is 5.92 Å². The van der Waals surface area contributed by atoms with Crippen molar-refractivity contribution in [3.8, 4) is 0 Å². The largest absolute Gasteiger partial charge is 0.352 e. The Morgan fingerprint density at radius 2 is 2.00 bits per heavy atom. The fourth-order valence-corrected chi connectivity index (χ4v) is 3.93. The van der Waals surface area contributed by atoms with Gasteiger partial charge >= 0.3 is 0 Å². The molecule has 0 radical (unpaired) electrons. The molecule has 0 atom stereocenters. The van der Waals surface area contributed by atoms with Crippen LogP contribution in [0.4, 0.5) is 10.1 Å². The molecule has 2 aromatic carbocycles. The lowest BCUT2D eigenvalue weighted by molar-refractivity contribution is -0.114. The molecule has 3 rings (SSSR count). The van der Waals surface area contributed by atoms with Crippen molar-refractivity contribution in [2.75, 3.05) is 18.5 Å².